The maximum atomic E-state index is 12.0. The number of carbonyl (C=O) groups excluding carboxylic acids is 1. The molecule has 1 aliphatic carbocycles. The van der Waals surface area contributed by atoms with Crippen molar-refractivity contribution in [1.82, 2.24) is 0 Å². The van der Waals surface area contributed by atoms with Crippen LogP contribution in [0, 0.1) is 0 Å². The highest BCUT2D eigenvalue weighted by Crippen LogP contribution is 2.42. The van der Waals surface area contributed by atoms with Gasteiger partial charge >= 0.3 is 0 Å². The SMILES string of the molecule is O=C1c2cccc3sc(Br)c(c23)CC1Br. The summed E-state index contributed by atoms with van der Waals surface area (Å²) >= 11 is 8.72. The van der Waals surface area contributed by atoms with E-state index in [-0.39, 0.29) is 10.6 Å². The van der Waals surface area contributed by atoms with Gasteiger partial charge in [0.2, 0.25) is 0 Å². The molecule has 0 saturated heterocycles. The van der Waals surface area contributed by atoms with Crippen LogP contribution in [0.2, 0.25) is 0 Å². The number of hydrogen-bond donors (Lipinski definition) is 0. The third-order valence-corrected chi connectivity index (χ3v) is 5.39. The number of benzene rings is 1. The van der Waals surface area contributed by atoms with Crippen LogP contribution in [-0.4, -0.2) is 10.6 Å². The van der Waals surface area contributed by atoms with Crippen molar-refractivity contribution in [3.05, 3.63) is 33.1 Å². The zero-order chi connectivity index (χ0) is 10.6. The Kier molecular flexibility index (Phi) is 2.27. The largest absolute Gasteiger partial charge is 0.293 e. The van der Waals surface area contributed by atoms with E-state index in [0.29, 0.717) is 0 Å². The summed E-state index contributed by atoms with van der Waals surface area (Å²) in [5.74, 6) is 0.207. The van der Waals surface area contributed by atoms with E-state index in [1.807, 2.05) is 12.1 Å². The highest BCUT2D eigenvalue weighted by atomic mass is 79.9. The summed E-state index contributed by atoms with van der Waals surface area (Å²) in [5.41, 5.74) is 2.13. The molecule has 1 nitrogen and oxygen atoms in total. The highest BCUT2D eigenvalue weighted by molar-refractivity contribution is 9.11. The van der Waals surface area contributed by atoms with Gasteiger partial charge in [-0.3, -0.25) is 4.79 Å². The average Bonchev–Trinajstić information content (AvgIpc) is 2.53. The van der Waals surface area contributed by atoms with Crippen molar-refractivity contribution in [3.63, 3.8) is 0 Å². The maximum Gasteiger partial charge on any atom is 0.177 e. The first kappa shape index (κ1) is 10.00. The van der Waals surface area contributed by atoms with Crippen LogP contribution in [0.25, 0.3) is 10.1 Å². The number of ketones is 1. The molecule has 1 unspecified atom stereocenters. The predicted molar refractivity (Wildman–Crippen MR) is 70.3 cm³/mol. The number of alkyl halides is 1. The van der Waals surface area contributed by atoms with Gasteiger partial charge < -0.3 is 0 Å². The number of rotatable bonds is 0. The Balaban J connectivity index is 2.47. The standard InChI is InChI=1S/C11H6Br2OS/c12-7-4-6-9-5(10(7)14)2-1-3-8(9)15-11(6)13/h1-3,7H,4H2. The molecule has 0 saturated carbocycles. The highest BCUT2D eigenvalue weighted by Gasteiger charge is 2.29. The first-order valence-electron chi connectivity index (χ1n) is 4.56. The number of halogens is 2. The van der Waals surface area contributed by atoms with Crippen molar-refractivity contribution < 1.29 is 4.79 Å². The van der Waals surface area contributed by atoms with Crippen LogP contribution in [0.5, 0.6) is 0 Å². The fraction of sp³-hybridized carbons (Fsp3) is 0.182. The van der Waals surface area contributed by atoms with Crippen LogP contribution in [-0.2, 0) is 6.42 Å². The minimum atomic E-state index is -0.0681. The van der Waals surface area contributed by atoms with Gasteiger partial charge in [0.1, 0.15) is 0 Å². The zero-order valence-electron chi connectivity index (χ0n) is 7.59. The molecular formula is C11H6Br2OS. The van der Waals surface area contributed by atoms with E-state index in [2.05, 4.69) is 37.9 Å². The van der Waals surface area contributed by atoms with E-state index >= 15 is 0 Å². The molecule has 0 bridgehead atoms. The predicted octanol–water partition coefficient (Wildman–Crippen LogP) is 4.17. The molecule has 1 atom stereocenters. The van der Waals surface area contributed by atoms with Gasteiger partial charge in [0.15, 0.2) is 5.78 Å². The van der Waals surface area contributed by atoms with Gasteiger partial charge in [0, 0.05) is 15.6 Å². The fourth-order valence-electron chi connectivity index (χ4n) is 2.01. The smallest absolute Gasteiger partial charge is 0.177 e. The summed E-state index contributed by atoms with van der Waals surface area (Å²) in [5, 5.41) is 1.15. The lowest BCUT2D eigenvalue weighted by atomic mass is 9.92. The van der Waals surface area contributed by atoms with Gasteiger partial charge in [-0.2, -0.15) is 0 Å². The minimum absolute atomic E-state index is 0.0681. The fourth-order valence-corrected chi connectivity index (χ4v) is 4.45. The lowest BCUT2D eigenvalue weighted by Crippen LogP contribution is -2.21. The quantitative estimate of drug-likeness (QED) is 0.655. The Hall–Kier alpha value is -0.190. The van der Waals surface area contributed by atoms with Gasteiger partial charge in [0.05, 0.1) is 8.61 Å². The third-order valence-electron chi connectivity index (χ3n) is 2.70. The molecular weight excluding hydrogens is 340 g/mol. The van der Waals surface area contributed by atoms with Gasteiger partial charge in [-0.1, -0.05) is 28.1 Å². The molecule has 0 radical (unpaired) electrons. The summed E-state index contributed by atoms with van der Waals surface area (Å²) in [4.78, 5) is 11.9. The van der Waals surface area contributed by atoms with E-state index in [1.54, 1.807) is 11.3 Å². The van der Waals surface area contributed by atoms with Crippen molar-refractivity contribution in [3.8, 4) is 0 Å². The van der Waals surface area contributed by atoms with Gasteiger partial charge in [0.25, 0.3) is 0 Å². The average molecular weight is 346 g/mol. The third kappa shape index (κ3) is 1.35. The zero-order valence-corrected chi connectivity index (χ0v) is 11.6. The van der Waals surface area contributed by atoms with Crippen LogP contribution in [0.4, 0.5) is 0 Å². The number of carbonyl (C=O) groups is 1. The number of thiophene rings is 1. The lowest BCUT2D eigenvalue weighted by molar-refractivity contribution is 0.0990. The minimum Gasteiger partial charge on any atom is -0.293 e. The van der Waals surface area contributed by atoms with Crippen molar-refractivity contribution in [2.24, 2.45) is 0 Å². The Bertz CT molecular complexity index is 573. The van der Waals surface area contributed by atoms with Crippen molar-refractivity contribution in [2.45, 2.75) is 11.2 Å². The second-order valence-corrected chi connectivity index (χ2v) is 7.04. The Morgan fingerprint density at radius 1 is 1.40 bits per heavy atom. The topological polar surface area (TPSA) is 17.1 Å². The molecule has 15 heavy (non-hydrogen) atoms. The Labute approximate surface area is 108 Å². The molecule has 0 aliphatic heterocycles. The van der Waals surface area contributed by atoms with E-state index in [4.69, 9.17) is 0 Å². The Morgan fingerprint density at radius 3 is 3.00 bits per heavy atom. The van der Waals surface area contributed by atoms with Gasteiger partial charge in [-0.05, 0) is 34.0 Å². The molecule has 1 heterocycles. The molecule has 1 aliphatic rings. The van der Waals surface area contributed by atoms with Crippen molar-refractivity contribution in [2.75, 3.05) is 0 Å². The normalized spacial score (nSPS) is 19.9. The molecule has 0 amide bonds. The van der Waals surface area contributed by atoms with E-state index < -0.39 is 0 Å². The van der Waals surface area contributed by atoms with Crippen LogP contribution in [0.3, 0.4) is 0 Å². The molecule has 3 rings (SSSR count). The van der Waals surface area contributed by atoms with Crippen molar-refractivity contribution in [1.29, 1.82) is 0 Å². The molecule has 4 heteroatoms. The molecule has 1 aromatic carbocycles. The summed E-state index contributed by atoms with van der Waals surface area (Å²) in [7, 11) is 0. The number of hydrogen-bond acceptors (Lipinski definition) is 2. The van der Waals surface area contributed by atoms with Crippen LogP contribution in [0.1, 0.15) is 15.9 Å². The number of Topliss-reactive ketones (excluding diaryl/α,β-unsaturated/α-hetero) is 1. The first-order valence-corrected chi connectivity index (χ1v) is 7.09. The molecule has 0 fully saturated rings. The lowest BCUT2D eigenvalue weighted by Gasteiger charge is -2.16. The first-order chi connectivity index (χ1) is 7.18. The second kappa shape index (κ2) is 3.40. The van der Waals surface area contributed by atoms with Crippen molar-refractivity contribution >= 4 is 59.1 Å². The molecule has 76 valence electrons. The summed E-state index contributed by atoms with van der Waals surface area (Å²) in [6.07, 6.45) is 0.788. The molecule has 2 aromatic rings. The van der Waals surface area contributed by atoms with Crippen LogP contribution < -0.4 is 0 Å². The van der Waals surface area contributed by atoms with E-state index in [0.717, 1.165) is 21.2 Å². The van der Waals surface area contributed by atoms with E-state index in [1.165, 1.54) is 10.3 Å². The van der Waals surface area contributed by atoms with Crippen LogP contribution in [0.15, 0.2) is 22.0 Å². The molecule has 1 aromatic heterocycles. The molecule has 0 spiro atoms. The Morgan fingerprint density at radius 2 is 2.20 bits per heavy atom. The van der Waals surface area contributed by atoms with E-state index in [9.17, 15) is 4.79 Å². The summed E-state index contributed by atoms with van der Waals surface area (Å²) in [6.45, 7) is 0. The maximum absolute atomic E-state index is 12.0. The van der Waals surface area contributed by atoms with Gasteiger partial charge in [-0.15, -0.1) is 11.3 Å². The van der Waals surface area contributed by atoms with Crippen LogP contribution >= 0.6 is 43.2 Å². The summed E-state index contributed by atoms with van der Waals surface area (Å²) < 4.78 is 2.35. The summed E-state index contributed by atoms with van der Waals surface area (Å²) in [6, 6.07) is 5.94. The van der Waals surface area contributed by atoms with Gasteiger partial charge in [-0.25, -0.2) is 0 Å². The molecule has 0 N–H and O–H groups in total. The second-order valence-electron chi connectivity index (χ2n) is 3.57. The monoisotopic (exact) mass is 344 g/mol.